The molecule has 0 spiro atoms. The molecule has 0 saturated heterocycles. The van der Waals surface area contributed by atoms with Crippen LogP contribution in [0.15, 0.2) is 55.0 Å². The van der Waals surface area contributed by atoms with Crippen LogP contribution in [-0.2, 0) is 16.0 Å². The zero-order chi connectivity index (χ0) is 23.1. The number of anilines is 3. The van der Waals surface area contributed by atoms with Gasteiger partial charge in [0.05, 0.1) is 27.9 Å². The SMILES string of the molecule is CCOC(=O)[C@H](Cc1ccc(Nc2ncccc2N)cc1)NC(=O)c1c(Cl)cncc1Cl. The number of nitrogen functional groups attached to an aromatic ring is 1. The molecule has 0 bridgehead atoms. The highest BCUT2D eigenvalue weighted by atomic mass is 35.5. The van der Waals surface area contributed by atoms with Crippen LogP contribution in [0.2, 0.25) is 10.0 Å². The maximum atomic E-state index is 12.7. The predicted octanol–water partition coefficient (Wildman–Crippen LogP) is 4.01. The van der Waals surface area contributed by atoms with Crippen molar-refractivity contribution in [1.82, 2.24) is 15.3 Å². The Balaban J connectivity index is 1.74. The molecular formula is C22H21Cl2N5O3. The van der Waals surface area contributed by atoms with Crippen LogP contribution in [0.3, 0.4) is 0 Å². The van der Waals surface area contributed by atoms with Crippen molar-refractivity contribution in [3.63, 3.8) is 0 Å². The number of aromatic nitrogens is 2. The third kappa shape index (κ3) is 5.87. The van der Waals surface area contributed by atoms with E-state index in [9.17, 15) is 9.59 Å². The zero-order valence-corrected chi connectivity index (χ0v) is 18.7. The average molecular weight is 474 g/mol. The number of hydrogen-bond acceptors (Lipinski definition) is 7. The highest BCUT2D eigenvalue weighted by molar-refractivity contribution is 6.39. The van der Waals surface area contributed by atoms with Crippen LogP contribution in [0.1, 0.15) is 22.8 Å². The van der Waals surface area contributed by atoms with Crippen molar-refractivity contribution >= 4 is 52.3 Å². The Bertz CT molecular complexity index is 1090. The summed E-state index contributed by atoms with van der Waals surface area (Å²) in [5, 5.41) is 5.96. The smallest absolute Gasteiger partial charge is 0.328 e. The number of hydrogen-bond donors (Lipinski definition) is 3. The van der Waals surface area contributed by atoms with E-state index < -0.39 is 17.9 Å². The molecule has 166 valence electrons. The van der Waals surface area contributed by atoms with Crippen molar-refractivity contribution in [1.29, 1.82) is 0 Å². The highest BCUT2D eigenvalue weighted by Crippen LogP contribution is 2.23. The van der Waals surface area contributed by atoms with Crippen LogP contribution >= 0.6 is 23.2 Å². The Morgan fingerprint density at radius 3 is 2.44 bits per heavy atom. The van der Waals surface area contributed by atoms with Crippen molar-refractivity contribution in [2.45, 2.75) is 19.4 Å². The number of nitrogens with zero attached hydrogens (tertiary/aromatic N) is 2. The van der Waals surface area contributed by atoms with E-state index in [-0.39, 0.29) is 28.6 Å². The van der Waals surface area contributed by atoms with Gasteiger partial charge in [-0.3, -0.25) is 9.78 Å². The molecule has 2 aromatic heterocycles. The van der Waals surface area contributed by atoms with Gasteiger partial charge in [0.2, 0.25) is 0 Å². The maximum absolute atomic E-state index is 12.7. The monoisotopic (exact) mass is 473 g/mol. The van der Waals surface area contributed by atoms with Crippen LogP contribution in [0.5, 0.6) is 0 Å². The number of pyridine rings is 2. The second-order valence-corrected chi connectivity index (χ2v) is 7.54. The largest absolute Gasteiger partial charge is 0.464 e. The Labute approximate surface area is 195 Å². The minimum atomic E-state index is -0.937. The van der Waals surface area contributed by atoms with Gasteiger partial charge in [0.15, 0.2) is 5.82 Å². The topological polar surface area (TPSA) is 119 Å². The van der Waals surface area contributed by atoms with Gasteiger partial charge in [0.25, 0.3) is 5.91 Å². The minimum absolute atomic E-state index is 0.0464. The number of esters is 1. The summed E-state index contributed by atoms with van der Waals surface area (Å²) in [6, 6.07) is 9.86. The molecule has 10 heteroatoms. The molecule has 0 aliphatic heterocycles. The van der Waals surface area contributed by atoms with E-state index in [4.69, 9.17) is 33.7 Å². The molecule has 1 amide bonds. The van der Waals surface area contributed by atoms with Crippen LogP contribution in [-0.4, -0.2) is 34.5 Å². The Morgan fingerprint density at radius 2 is 1.81 bits per heavy atom. The first-order chi connectivity index (χ1) is 15.4. The van der Waals surface area contributed by atoms with Crippen molar-refractivity contribution in [3.8, 4) is 0 Å². The van der Waals surface area contributed by atoms with E-state index in [2.05, 4.69) is 20.6 Å². The van der Waals surface area contributed by atoms with Crippen LogP contribution in [0, 0.1) is 0 Å². The van der Waals surface area contributed by atoms with E-state index in [1.54, 1.807) is 25.3 Å². The molecule has 1 atom stereocenters. The summed E-state index contributed by atoms with van der Waals surface area (Å²) in [6.45, 7) is 1.87. The van der Waals surface area contributed by atoms with Gasteiger partial charge in [-0.2, -0.15) is 0 Å². The number of halogens is 2. The summed E-state index contributed by atoms with van der Waals surface area (Å²) in [5.74, 6) is -0.613. The predicted molar refractivity (Wildman–Crippen MR) is 124 cm³/mol. The van der Waals surface area contributed by atoms with Gasteiger partial charge in [-0.25, -0.2) is 9.78 Å². The lowest BCUT2D eigenvalue weighted by atomic mass is 10.0. The first kappa shape index (κ1) is 23.3. The third-order valence-electron chi connectivity index (χ3n) is 4.45. The van der Waals surface area contributed by atoms with Crippen LogP contribution in [0.25, 0.3) is 0 Å². The molecule has 0 fully saturated rings. The Kier molecular flexibility index (Phi) is 7.86. The van der Waals surface area contributed by atoms with Crippen molar-refractivity contribution < 1.29 is 14.3 Å². The Morgan fingerprint density at radius 1 is 1.12 bits per heavy atom. The number of rotatable bonds is 8. The fourth-order valence-corrected chi connectivity index (χ4v) is 3.45. The van der Waals surface area contributed by atoms with E-state index in [1.807, 2.05) is 24.3 Å². The molecule has 3 aromatic rings. The molecule has 0 saturated carbocycles. The van der Waals surface area contributed by atoms with Gasteiger partial charge in [-0.15, -0.1) is 0 Å². The summed E-state index contributed by atoms with van der Waals surface area (Å²) in [5.41, 5.74) is 8.04. The summed E-state index contributed by atoms with van der Waals surface area (Å²) in [7, 11) is 0. The average Bonchev–Trinajstić information content (AvgIpc) is 2.76. The molecule has 8 nitrogen and oxygen atoms in total. The first-order valence-electron chi connectivity index (χ1n) is 9.72. The number of carbonyl (C=O) groups is 2. The second kappa shape index (κ2) is 10.8. The molecule has 0 aliphatic carbocycles. The number of ether oxygens (including phenoxy) is 1. The van der Waals surface area contributed by atoms with Crippen LogP contribution in [0.4, 0.5) is 17.2 Å². The summed E-state index contributed by atoms with van der Waals surface area (Å²) in [4.78, 5) is 33.2. The minimum Gasteiger partial charge on any atom is -0.464 e. The van der Waals surface area contributed by atoms with Crippen molar-refractivity contribution in [2.24, 2.45) is 0 Å². The lowest BCUT2D eigenvalue weighted by Gasteiger charge is -2.18. The summed E-state index contributed by atoms with van der Waals surface area (Å²) < 4.78 is 5.12. The maximum Gasteiger partial charge on any atom is 0.328 e. The fraction of sp³-hybridized carbons (Fsp3) is 0.182. The zero-order valence-electron chi connectivity index (χ0n) is 17.1. The molecule has 1 aromatic carbocycles. The Hall–Kier alpha value is -3.36. The van der Waals surface area contributed by atoms with Gasteiger partial charge in [0.1, 0.15) is 6.04 Å². The third-order valence-corrected chi connectivity index (χ3v) is 5.03. The summed E-state index contributed by atoms with van der Waals surface area (Å²) >= 11 is 12.1. The molecule has 0 aliphatic rings. The molecule has 32 heavy (non-hydrogen) atoms. The number of amides is 1. The van der Waals surface area contributed by atoms with E-state index in [0.29, 0.717) is 11.5 Å². The molecule has 2 heterocycles. The molecule has 3 rings (SSSR count). The first-order valence-corrected chi connectivity index (χ1v) is 10.5. The van der Waals surface area contributed by atoms with Gasteiger partial charge in [-0.05, 0) is 36.8 Å². The van der Waals surface area contributed by atoms with Gasteiger partial charge in [-0.1, -0.05) is 35.3 Å². The van der Waals surface area contributed by atoms with E-state index >= 15 is 0 Å². The molecule has 0 radical (unpaired) electrons. The van der Waals surface area contributed by atoms with Gasteiger partial charge in [0, 0.05) is 30.7 Å². The number of nitrogens with one attached hydrogen (secondary N) is 2. The standard InChI is InChI=1S/C22H21Cl2N5O3/c1-2-32-22(31)18(29-21(30)19-15(23)11-26-12-16(19)24)10-13-5-7-14(8-6-13)28-20-17(25)4-3-9-27-20/h3-9,11-12,18H,2,10,25H2,1H3,(H,27,28)(H,29,30)/t18-/m0/s1. The van der Waals surface area contributed by atoms with Crippen molar-refractivity contribution in [3.05, 3.63) is 76.2 Å². The van der Waals surface area contributed by atoms with E-state index in [0.717, 1.165) is 11.3 Å². The van der Waals surface area contributed by atoms with Crippen molar-refractivity contribution in [2.75, 3.05) is 17.7 Å². The molecule has 0 unspecified atom stereocenters. The molecule has 4 N–H and O–H groups in total. The fourth-order valence-electron chi connectivity index (χ4n) is 2.91. The van der Waals surface area contributed by atoms with E-state index in [1.165, 1.54) is 12.4 Å². The quantitative estimate of drug-likeness (QED) is 0.422. The number of carbonyl (C=O) groups excluding carboxylic acids is 2. The molecular weight excluding hydrogens is 453 g/mol. The van der Waals surface area contributed by atoms with Crippen LogP contribution < -0.4 is 16.4 Å². The number of benzene rings is 1. The lowest BCUT2D eigenvalue weighted by molar-refractivity contribution is -0.145. The van der Waals surface area contributed by atoms with Gasteiger partial charge < -0.3 is 21.1 Å². The number of nitrogens with two attached hydrogens (primary N) is 1. The lowest BCUT2D eigenvalue weighted by Crippen LogP contribution is -2.43. The second-order valence-electron chi connectivity index (χ2n) is 6.72. The summed E-state index contributed by atoms with van der Waals surface area (Å²) in [6.07, 6.45) is 4.46. The normalized spacial score (nSPS) is 11.5. The highest BCUT2D eigenvalue weighted by Gasteiger charge is 2.25. The van der Waals surface area contributed by atoms with Gasteiger partial charge >= 0.3 is 5.97 Å².